The Labute approximate surface area is 127 Å². The van der Waals surface area contributed by atoms with Crippen molar-refractivity contribution in [1.29, 1.82) is 0 Å². The van der Waals surface area contributed by atoms with E-state index >= 15 is 0 Å². The highest BCUT2D eigenvalue weighted by atomic mass is 32.2. The maximum absolute atomic E-state index is 5.91. The minimum atomic E-state index is 0.0967. The van der Waals surface area contributed by atoms with E-state index in [0.29, 0.717) is 11.4 Å². The molecule has 0 fully saturated rings. The van der Waals surface area contributed by atoms with Crippen LogP contribution < -0.4 is 15.4 Å². The van der Waals surface area contributed by atoms with Crippen molar-refractivity contribution in [2.75, 3.05) is 24.7 Å². The number of nitrogens with zero attached hydrogens (tertiary/aromatic N) is 3. The Morgan fingerprint density at radius 2 is 2.05 bits per heavy atom. The van der Waals surface area contributed by atoms with Crippen molar-refractivity contribution in [2.24, 2.45) is 0 Å². The van der Waals surface area contributed by atoms with Crippen molar-refractivity contribution >= 4 is 33.9 Å². The molecule has 108 valence electrons. The molecular formula is C13H18N4OS2. The van der Waals surface area contributed by atoms with Crippen LogP contribution in [0.2, 0.25) is 0 Å². The van der Waals surface area contributed by atoms with Crippen molar-refractivity contribution in [3.8, 4) is 5.75 Å². The molecule has 0 aliphatic rings. The molecule has 0 unspecified atom stereocenters. The van der Waals surface area contributed by atoms with Gasteiger partial charge in [-0.1, -0.05) is 23.1 Å². The summed E-state index contributed by atoms with van der Waals surface area (Å²) in [5, 5.41) is 9.17. The molecule has 1 aromatic carbocycles. The summed E-state index contributed by atoms with van der Waals surface area (Å²) in [5.41, 5.74) is 6.56. The van der Waals surface area contributed by atoms with Crippen molar-refractivity contribution in [2.45, 2.75) is 29.2 Å². The van der Waals surface area contributed by atoms with Crippen LogP contribution in [-0.2, 0) is 0 Å². The van der Waals surface area contributed by atoms with Crippen molar-refractivity contribution in [1.82, 2.24) is 10.2 Å². The van der Waals surface area contributed by atoms with Crippen LogP contribution in [0.1, 0.15) is 13.8 Å². The lowest BCUT2D eigenvalue weighted by Crippen LogP contribution is -2.07. The lowest BCUT2D eigenvalue weighted by molar-refractivity contribution is 0.243. The fourth-order valence-corrected chi connectivity index (χ4v) is 3.23. The van der Waals surface area contributed by atoms with Crippen LogP contribution in [0, 0.1) is 0 Å². The number of hydrogen-bond donors (Lipinski definition) is 1. The van der Waals surface area contributed by atoms with Gasteiger partial charge in [0.15, 0.2) is 4.34 Å². The van der Waals surface area contributed by atoms with Gasteiger partial charge in [0.25, 0.3) is 0 Å². The average Bonchev–Trinajstić information content (AvgIpc) is 2.81. The standard InChI is InChI=1S/C13H18N4OS2/c1-8(2)18-11-7-9(5-6-10(11)14)19-13-16-15-12(20-13)17(3)4/h5-8H,14H2,1-4H3. The van der Waals surface area contributed by atoms with E-state index in [1.54, 1.807) is 23.1 Å². The molecule has 1 aromatic heterocycles. The van der Waals surface area contributed by atoms with Gasteiger partial charge in [0, 0.05) is 19.0 Å². The Morgan fingerprint density at radius 1 is 1.30 bits per heavy atom. The minimum Gasteiger partial charge on any atom is -0.489 e. The molecule has 0 atom stereocenters. The summed E-state index contributed by atoms with van der Waals surface area (Å²) in [6, 6.07) is 5.76. The van der Waals surface area contributed by atoms with Gasteiger partial charge >= 0.3 is 0 Å². The van der Waals surface area contributed by atoms with E-state index in [2.05, 4.69) is 10.2 Å². The summed E-state index contributed by atoms with van der Waals surface area (Å²) < 4.78 is 6.58. The zero-order valence-corrected chi connectivity index (χ0v) is 13.6. The molecule has 0 amide bonds. The third-order valence-electron chi connectivity index (χ3n) is 2.33. The molecule has 7 heteroatoms. The van der Waals surface area contributed by atoms with Crippen LogP contribution in [-0.4, -0.2) is 30.4 Å². The Morgan fingerprint density at radius 3 is 2.65 bits per heavy atom. The highest BCUT2D eigenvalue weighted by Crippen LogP contribution is 2.36. The van der Waals surface area contributed by atoms with Crippen molar-refractivity contribution < 1.29 is 4.74 Å². The number of aromatic nitrogens is 2. The lowest BCUT2D eigenvalue weighted by atomic mass is 10.3. The second kappa shape index (κ2) is 6.32. The van der Waals surface area contributed by atoms with E-state index < -0.39 is 0 Å². The summed E-state index contributed by atoms with van der Waals surface area (Å²) in [7, 11) is 3.90. The maximum Gasteiger partial charge on any atom is 0.208 e. The largest absolute Gasteiger partial charge is 0.489 e. The number of nitrogens with two attached hydrogens (primary N) is 1. The lowest BCUT2D eigenvalue weighted by Gasteiger charge is -2.12. The monoisotopic (exact) mass is 310 g/mol. The van der Waals surface area contributed by atoms with Crippen LogP contribution in [0.5, 0.6) is 5.75 Å². The quantitative estimate of drug-likeness (QED) is 0.856. The van der Waals surface area contributed by atoms with Gasteiger partial charge in [-0.2, -0.15) is 0 Å². The first kappa shape index (κ1) is 14.9. The van der Waals surface area contributed by atoms with Crippen LogP contribution in [0.3, 0.4) is 0 Å². The topological polar surface area (TPSA) is 64.3 Å². The predicted octanol–water partition coefficient (Wildman–Crippen LogP) is 3.12. The molecule has 0 aliphatic carbocycles. The van der Waals surface area contributed by atoms with Gasteiger partial charge < -0.3 is 15.4 Å². The van der Waals surface area contributed by atoms with E-state index in [-0.39, 0.29) is 6.10 Å². The Balaban J connectivity index is 2.16. The summed E-state index contributed by atoms with van der Waals surface area (Å²) in [5.74, 6) is 0.711. The molecule has 0 spiro atoms. The number of nitrogen functional groups attached to an aromatic ring is 1. The van der Waals surface area contributed by atoms with E-state index in [0.717, 1.165) is 14.4 Å². The highest BCUT2D eigenvalue weighted by molar-refractivity contribution is 8.01. The van der Waals surface area contributed by atoms with Gasteiger partial charge in [0.1, 0.15) is 5.75 Å². The van der Waals surface area contributed by atoms with Gasteiger partial charge in [-0.3, -0.25) is 0 Å². The number of benzene rings is 1. The van der Waals surface area contributed by atoms with Crippen molar-refractivity contribution in [3.63, 3.8) is 0 Å². The third kappa shape index (κ3) is 3.77. The molecule has 0 aliphatic heterocycles. The van der Waals surface area contributed by atoms with E-state index in [9.17, 15) is 0 Å². The second-order valence-electron chi connectivity index (χ2n) is 4.71. The van der Waals surface area contributed by atoms with E-state index in [1.807, 2.05) is 51.0 Å². The Bertz CT molecular complexity index is 584. The first-order chi connectivity index (χ1) is 9.45. The molecular weight excluding hydrogens is 292 g/mol. The van der Waals surface area contributed by atoms with E-state index in [4.69, 9.17) is 10.5 Å². The molecule has 2 rings (SSSR count). The number of rotatable bonds is 5. The normalized spacial score (nSPS) is 10.8. The van der Waals surface area contributed by atoms with Crippen molar-refractivity contribution in [3.05, 3.63) is 18.2 Å². The van der Waals surface area contributed by atoms with Gasteiger partial charge in [0.05, 0.1) is 11.8 Å². The molecule has 2 aromatic rings. The summed E-state index contributed by atoms with van der Waals surface area (Å²) in [6.07, 6.45) is 0.0967. The fraction of sp³-hybridized carbons (Fsp3) is 0.385. The summed E-state index contributed by atoms with van der Waals surface area (Å²) in [4.78, 5) is 2.98. The van der Waals surface area contributed by atoms with E-state index in [1.165, 1.54) is 0 Å². The third-order valence-corrected chi connectivity index (χ3v) is 4.46. The van der Waals surface area contributed by atoms with Gasteiger partial charge in [-0.25, -0.2) is 0 Å². The smallest absolute Gasteiger partial charge is 0.208 e. The minimum absolute atomic E-state index is 0.0967. The molecule has 2 N–H and O–H groups in total. The summed E-state index contributed by atoms with van der Waals surface area (Å²) in [6.45, 7) is 3.96. The fourth-order valence-electron chi connectivity index (χ4n) is 1.46. The van der Waals surface area contributed by atoms with Crippen LogP contribution in [0.4, 0.5) is 10.8 Å². The second-order valence-corrected chi connectivity index (χ2v) is 6.99. The molecule has 5 nitrogen and oxygen atoms in total. The molecule has 0 radical (unpaired) electrons. The van der Waals surface area contributed by atoms with Gasteiger partial charge in [-0.05, 0) is 32.0 Å². The zero-order chi connectivity index (χ0) is 14.7. The maximum atomic E-state index is 5.91. The van der Waals surface area contributed by atoms with Crippen LogP contribution in [0.15, 0.2) is 27.4 Å². The molecule has 0 bridgehead atoms. The first-order valence-corrected chi connectivity index (χ1v) is 7.84. The van der Waals surface area contributed by atoms with Crippen LogP contribution >= 0.6 is 23.1 Å². The molecule has 0 saturated carbocycles. The Hall–Kier alpha value is -1.47. The SMILES string of the molecule is CC(C)Oc1cc(Sc2nnc(N(C)C)s2)ccc1N. The first-order valence-electron chi connectivity index (χ1n) is 6.20. The molecule has 1 heterocycles. The number of ether oxygens (including phenoxy) is 1. The average molecular weight is 310 g/mol. The van der Waals surface area contributed by atoms with Crippen LogP contribution in [0.25, 0.3) is 0 Å². The van der Waals surface area contributed by atoms with Gasteiger partial charge in [-0.15, -0.1) is 10.2 Å². The number of anilines is 2. The zero-order valence-electron chi connectivity index (χ0n) is 12.0. The predicted molar refractivity (Wildman–Crippen MR) is 85.0 cm³/mol. The molecule has 0 saturated heterocycles. The summed E-state index contributed by atoms with van der Waals surface area (Å²) >= 11 is 3.11. The molecule has 20 heavy (non-hydrogen) atoms. The highest BCUT2D eigenvalue weighted by Gasteiger charge is 2.10. The van der Waals surface area contributed by atoms with Gasteiger partial charge in [0.2, 0.25) is 5.13 Å². The number of hydrogen-bond acceptors (Lipinski definition) is 7. The Kier molecular flexibility index (Phi) is 4.72.